The summed E-state index contributed by atoms with van der Waals surface area (Å²) in [5.74, 6) is 0.333. The Labute approximate surface area is 138 Å². The first kappa shape index (κ1) is 14.9. The molecule has 2 heterocycles. The SMILES string of the molecule is CN(Cc1nc2ccsc2c(=O)[nH]1)C(=O)c1ccccc1Br. The molecule has 22 heavy (non-hydrogen) atoms. The molecule has 0 fully saturated rings. The van der Waals surface area contributed by atoms with Gasteiger partial charge in [-0.1, -0.05) is 12.1 Å². The van der Waals surface area contributed by atoms with E-state index in [1.54, 1.807) is 19.2 Å². The van der Waals surface area contributed by atoms with E-state index in [2.05, 4.69) is 25.9 Å². The number of fused-ring (bicyclic) bond motifs is 1. The molecule has 3 rings (SSSR count). The Hall–Kier alpha value is -1.99. The molecule has 7 heteroatoms. The van der Waals surface area contributed by atoms with E-state index in [4.69, 9.17) is 0 Å². The van der Waals surface area contributed by atoms with Crippen LogP contribution in [-0.2, 0) is 6.54 Å². The van der Waals surface area contributed by atoms with Crippen LogP contribution in [-0.4, -0.2) is 27.8 Å². The number of nitrogens with one attached hydrogen (secondary N) is 1. The number of benzene rings is 1. The highest BCUT2D eigenvalue weighted by Crippen LogP contribution is 2.18. The minimum absolute atomic E-state index is 0.138. The Morgan fingerprint density at radius 2 is 2.14 bits per heavy atom. The van der Waals surface area contributed by atoms with E-state index in [0.29, 0.717) is 21.6 Å². The molecule has 1 N–H and O–H groups in total. The van der Waals surface area contributed by atoms with Crippen molar-refractivity contribution in [3.8, 4) is 0 Å². The normalized spacial score (nSPS) is 10.8. The van der Waals surface area contributed by atoms with Crippen LogP contribution in [0.15, 0.2) is 45.0 Å². The molecule has 0 aliphatic heterocycles. The molecule has 0 atom stereocenters. The summed E-state index contributed by atoms with van der Waals surface area (Å²) in [5, 5.41) is 1.83. The molecule has 2 aromatic heterocycles. The van der Waals surface area contributed by atoms with Gasteiger partial charge < -0.3 is 9.88 Å². The summed E-state index contributed by atoms with van der Waals surface area (Å²) in [6.45, 7) is 0.237. The van der Waals surface area contributed by atoms with Gasteiger partial charge in [-0.05, 0) is 39.5 Å². The molecule has 1 amide bonds. The van der Waals surface area contributed by atoms with Crippen molar-refractivity contribution in [2.75, 3.05) is 7.05 Å². The smallest absolute Gasteiger partial charge is 0.268 e. The fourth-order valence-corrected chi connectivity index (χ4v) is 3.31. The predicted molar refractivity (Wildman–Crippen MR) is 90.2 cm³/mol. The fraction of sp³-hybridized carbons (Fsp3) is 0.133. The van der Waals surface area contributed by atoms with E-state index >= 15 is 0 Å². The zero-order chi connectivity index (χ0) is 15.7. The third-order valence-electron chi connectivity index (χ3n) is 3.20. The Morgan fingerprint density at radius 3 is 2.91 bits per heavy atom. The Balaban J connectivity index is 1.86. The van der Waals surface area contributed by atoms with Gasteiger partial charge in [-0.15, -0.1) is 11.3 Å². The van der Waals surface area contributed by atoms with Gasteiger partial charge in [0.1, 0.15) is 10.5 Å². The summed E-state index contributed by atoms with van der Waals surface area (Å²) in [6, 6.07) is 9.03. The van der Waals surface area contributed by atoms with Crippen LogP contribution in [0.3, 0.4) is 0 Å². The Kier molecular flexibility index (Phi) is 4.08. The third-order valence-corrected chi connectivity index (χ3v) is 4.80. The second-order valence-electron chi connectivity index (χ2n) is 4.79. The summed E-state index contributed by atoms with van der Waals surface area (Å²) in [7, 11) is 1.68. The topological polar surface area (TPSA) is 66.1 Å². The number of halogens is 1. The molecular weight excluding hydrogens is 366 g/mol. The molecule has 0 radical (unpaired) electrons. The van der Waals surface area contributed by atoms with Gasteiger partial charge in [0.25, 0.3) is 11.5 Å². The van der Waals surface area contributed by atoms with Crippen molar-refractivity contribution in [1.29, 1.82) is 0 Å². The van der Waals surface area contributed by atoms with Crippen LogP contribution < -0.4 is 5.56 Å². The average molecular weight is 378 g/mol. The minimum atomic E-state index is -0.170. The maximum Gasteiger partial charge on any atom is 0.268 e. The average Bonchev–Trinajstić information content (AvgIpc) is 2.96. The Bertz CT molecular complexity index is 903. The second-order valence-corrected chi connectivity index (χ2v) is 6.56. The molecule has 112 valence electrons. The van der Waals surface area contributed by atoms with E-state index < -0.39 is 0 Å². The first-order valence-electron chi connectivity index (χ1n) is 6.52. The number of carbonyl (C=O) groups is 1. The van der Waals surface area contributed by atoms with Crippen molar-refractivity contribution in [2.45, 2.75) is 6.54 Å². The number of nitrogens with zero attached hydrogens (tertiary/aromatic N) is 2. The van der Waals surface area contributed by atoms with Crippen LogP contribution in [0.25, 0.3) is 10.2 Å². The second kappa shape index (κ2) is 6.02. The van der Waals surface area contributed by atoms with Gasteiger partial charge in [-0.2, -0.15) is 0 Å². The fourth-order valence-electron chi connectivity index (χ4n) is 2.13. The van der Waals surface area contributed by atoms with Crippen LogP contribution in [0.1, 0.15) is 16.2 Å². The summed E-state index contributed by atoms with van der Waals surface area (Å²) >= 11 is 4.72. The van der Waals surface area contributed by atoms with Crippen molar-refractivity contribution in [3.05, 3.63) is 61.9 Å². The number of rotatable bonds is 3. The van der Waals surface area contributed by atoms with Crippen LogP contribution >= 0.6 is 27.3 Å². The lowest BCUT2D eigenvalue weighted by Crippen LogP contribution is -2.28. The maximum absolute atomic E-state index is 12.4. The van der Waals surface area contributed by atoms with E-state index in [-0.39, 0.29) is 18.0 Å². The number of aromatic nitrogens is 2. The summed E-state index contributed by atoms with van der Waals surface area (Å²) in [4.78, 5) is 33.0. The van der Waals surface area contributed by atoms with Gasteiger partial charge in [0.05, 0.1) is 17.6 Å². The number of thiophene rings is 1. The third kappa shape index (κ3) is 2.82. The van der Waals surface area contributed by atoms with Gasteiger partial charge in [0, 0.05) is 11.5 Å². The highest BCUT2D eigenvalue weighted by atomic mass is 79.9. The number of hydrogen-bond acceptors (Lipinski definition) is 4. The van der Waals surface area contributed by atoms with Gasteiger partial charge in [0.2, 0.25) is 0 Å². The molecule has 0 aliphatic carbocycles. The van der Waals surface area contributed by atoms with Crippen molar-refractivity contribution in [2.24, 2.45) is 0 Å². The highest BCUT2D eigenvalue weighted by molar-refractivity contribution is 9.10. The summed E-state index contributed by atoms with van der Waals surface area (Å²) in [6.07, 6.45) is 0. The number of H-pyrrole nitrogens is 1. The predicted octanol–water partition coefficient (Wildman–Crippen LogP) is 3.02. The number of hydrogen-bond donors (Lipinski definition) is 1. The number of amides is 1. The highest BCUT2D eigenvalue weighted by Gasteiger charge is 2.16. The van der Waals surface area contributed by atoms with E-state index in [1.165, 1.54) is 16.2 Å². The molecule has 0 saturated heterocycles. The maximum atomic E-state index is 12.4. The van der Waals surface area contributed by atoms with Gasteiger partial charge >= 0.3 is 0 Å². The molecule has 1 aromatic carbocycles. The largest absolute Gasteiger partial charge is 0.334 e. The first-order valence-corrected chi connectivity index (χ1v) is 8.20. The number of aromatic amines is 1. The lowest BCUT2D eigenvalue weighted by Gasteiger charge is -2.17. The van der Waals surface area contributed by atoms with Crippen molar-refractivity contribution in [3.63, 3.8) is 0 Å². The molecule has 0 aliphatic rings. The number of carbonyl (C=O) groups excluding carboxylic acids is 1. The van der Waals surface area contributed by atoms with E-state index in [1.807, 2.05) is 23.6 Å². The van der Waals surface area contributed by atoms with Gasteiger partial charge in [-0.3, -0.25) is 9.59 Å². The van der Waals surface area contributed by atoms with Crippen molar-refractivity contribution < 1.29 is 4.79 Å². The van der Waals surface area contributed by atoms with Crippen molar-refractivity contribution in [1.82, 2.24) is 14.9 Å². The Morgan fingerprint density at radius 1 is 1.36 bits per heavy atom. The zero-order valence-corrected chi connectivity index (χ0v) is 14.1. The molecular formula is C15H12BrN3O2S. The zero-order valence-electron chi connectivity index (χ0n) is 11.7. The van der Waals surface area contributed by atoms with Crippen molar-refractivity contribution >= 4 is 43.4 Å². The molecule has 3 aromatic rings. The van der Waals surface area contributed by atoms with Crippen LogP contribution in [0.2, 0.25) is 0 Å². The van der Waals surface area contributed by atoms with Crippen LogP contribution in [0, 0.1) is 0 Å². The van der Waals surface area contributed by atoms with Gasteiger partial charge in [-0.25, -0.2) is 4.98 Å². The van der Waals surface area contributed by atoms with Crippen LogP contribution in [0.4, 0.5) is 0 Å². The molecule has 0 bridgehead atoms. The molecule has 5 nitrogen and oxygen atoms in total. The first-order chi connectivity index (χ1) is 10.6. The van der Waals surface area contributed by atoms with Gasteiger partial charge in [0.15, 0.2) is 0 Å². The summed E-state index contributed by atoms with van der Waals surface area (Å²) < 4.78 is 1.34. The monoisotopic (exact) mass is 377 g/mol. The molecule has 0 spiro atoms. The molecule has 0 unspecified atom stereocenters. The quantitative estimate of drug-likeness (QED) is 0.762. The lowest BCUT2D eigenvalue weighted by atomic mass is 10.2. The van der Waals surface area contributed by atoms with Crippen LogP contribution in [0.5, 0.6) is 0 Å². The standard InChI is InChI=1S/C15H12BrN3O2S/c1-19(15(21)9-4-2-3-5-10(9)16)8-12-17-11-6-7-22-13(11)14(20)18-12/h2-7H,8H2,1H3,(H,17,18,20). The van der Waals surface area contributed by atoms with E-state index in [0.717, 1.165) is 4.47 Å². The lowest BCUT2D eigenvalue weighted by molar-refractivity contribution is 0.0780. The minimum Gasteiger partial charge on any atom is -0.334 e. The molecule has 0 saturated carbocycles. The van der Waals surface area contributed by atoms with E-state index in [9.17, 15) is 9.59 Å². The summed E-state index contributed by atoms with van der Waals surface area (Å²) in [5.41, 5.74) is 1.06.